The largest absolute Gasteiger partial charge is 0.455 e. The number of rotatable bonds is 5. The van der Waals surface area contributed by atoms with Crippen molar-refractivity contribution in [2.24, 2.45) is 9.98 Å². The molecule has 0 amide bonds. The molecule has 0 bridgehead atoms. The predicted octanol–water partition coefficient (Wildman–Crippen LogP) is 13.6. The average molecular weight is 749 g/mol. The molecule has 0 saturated heterocycles. The van der Waals surface area contributed by atoms with Crippen LogP contribution in [0.2, 0.25) is 0 Å². The number of amidine groups is 2. The van der Waals surface area contributed by atoms with Crippen molar-refractivity contribution in [1.82, 2.24) is 4.57 Å². The first-order valence-corrected chi connectivity index (χ1v) is 19.7. The second kappa shape index (κ2) is 13.4. The van der Waals surface area contributed by atoms with E-state index in [1.165, 1.54) is 47.7 Å². The number of nitrogens with one attached hydrogen (secondary N) is 1. The van der Waals surface area contributed by atoms with Crippen molar-refractivity contribution >= 4 is 93.1 Å². The van der Waals surface area contributed by atoms with Crippen molar-refractivity contribution in [3.05, 3.63) is 199 Å². The normalized spacial score (nSPS) is 12.3. The van der Waals surface area contributed by atoms with E-state index in [1.54, 1.807) is 6.21 Å². The second-order valence-corrected chi connectivity index (χ2v) is 15.2. The molecule has 1 N–H and O–H groups in total. The lowest BCUT2D eigenvalue weighted by atomic mass is 9.97. The summed E-state index contributed by atoms with van der Waals surface area (Å²) in [7, 11) is 0. The van der Waals surface area contributed by atoms with E-state index in [4.69, 9.17) is 19.8 Å². The lowest BCUT2D eigenvalue weighted by Gasteiger charge is -2.11. The standard InChI is InChI=1S/C51H32N4OS/c52-50(33-16-5-2-6-17-33)54-51(53-31-32-14-3-1-4-15-32)39-22-11-21-38-47-35(20-12-26-44(47)56-49(38)39)34-28-29-45-40(30-34)48-43(25-13-27-46(48)57-45)55-41-23-9-7-18-36(41)37-19-8-10-24-42(37)55/h1-31,52H. The Bertz CT molecular complexity index is 3370. The van der Waals surface area contributed by atoms with E-state index >= 15 is 0 Å². The molecule has 5 nitrogen and oxygen atoms in total. The molecule has 0 atom stereocenters. The first kappa shape index (κ1) is 33.0. The SMILES string of the molecule is N=C(N=C(N=Cc1ccccc1)c1cccc2c1oc1cccc(-c3ccc4sc5cccc(-n6c7ccccc7c7ccccc76)c5c4c3)c12)c1ccccc1. The van der Waals surface area contributed by atoms with E-state index in [0.717, 1.165) is 38.6 Å². The molecule has 57 heavy (non-hydrogen) atoms. The molecular weight excluding hydrogens is 717 g/mol. The van der Waals surface area contributed by atoms with Gasteiger partial charge < -0.3 is 8.98 Å². The van der Waals surface area contributed by atoms with Gasteiger partial charge in [0.05, 0.1) is 22.3 Å². The Hall–Kier alpha value is -7.41. The van der Waals surface area contributed by atoms with E-state index in [0.29, 0.717) is 17.0 Å². The molecular formula is C51H32N4OS. The highest BCUT2D eigenvalue weighted by molar-refractivity contribution is 7.25. The summed E-state index contributed by atoms with van der Waals surface area (Å²) in [5, 5.41) is 15.9. The zero-order valence-electron chi connectivity index (χ0n) is 30.6. The number of para-hydroxylation sites is 3. The van der Waals surface area contributed by atoms with Crippen LogP contribution >= 0.6 is 11.3 Å². The second-order valence-electron chi connectivity index (χ2n) is 14.1. The number of furan rings is 1. The van der Waals surface area contributed by atoms with Crippen LogP contribution in [0.25, 0.3) is 80.7 Å². The molecule has 0 aliphatic heterocycles. The van der Waals surface area contributed by atoms with Gasteiger partial charge in [-0.05, 0) is 65.2 Å². The third kappa shape index (κ3) is 5.49. The first-order valence-electron chi connectivity index (χ1n) is 18.9. The molecule has 11 aromatic rings. The molecule has 6 heteroatoms. The number of aliphatic imine (C=N–C) groups is 2. The zero-order valence-corrected chi connectivity index (χ0v) is 31.4. The van der Waals surface area contributed by atoms with E-state index in [2.05, 4.69) is 108 Å². The van der Waals surface area contributed by atoms with Crippen LogP contribution in [0.15, 0.2) is 196 Å². The maximum atomic E-state index is 8.91. The monoisotopic (exact) mass is 748 g/mol. The smallest absolute Gasteiger partial charge is 0.165 e. The quantitative estimate of drug-likeness (QED) is 0.138. The molecule has 0 radical (unpaired) electrons. The van der Waals surface area contributed by atoms with Crippen LogP contribution in [0.3, 0.4) is 0 Å². The molecule has 8 aromatic carbocycles. The van der Waals surface area contributed by atoms with E-state index in [1.807, 2.05) is 90.2 Å². The van der Waals surface area contributed by atoms with Gasteiger partial charge in [0.1, 0.15) is 11.2 Å². The lowest BCUT2D eigenvalue weighted by molar-refractivity contribution is 0.668. The molecule has 0 aliphatic rings. The molecule has 0 saturated carbocycles. The van der Waals surface area contributed by atoms with Crippen LogP contribution in [-0.2, 0) is 0 Å². The Morgan fingerprint density at radius 2 is 1.26 bits per heavy atom. The van der Waals surface area contributed by atoms with Gasteiger partial charge in [-0.1, -0.05) is 133 Å². The van der Waals surface area contributed by atoms with Crippen LogP contribution in [0.4, 0.5) is 0 Å². The fourth-order valence-electron chi connectivity index (χ4n) is 8.21. The van der Waals surface area contributed by atoms with Gasteiger partial charge in [-0.25, -0.2) is 9.98 Å². The maximum Gasteiger partial charge on any atom is 0.165 e. The number of nitrogens with zero attached hydrogens (tertiary/aromatic N) is 3. The van der Waals surface area contributed by atoms with Crippen LogP contribution in [0.1, 0.15) is 16.7 Å². The van der Waals surface area contributed by atoms with Crippen molar-refractivity contribution < 1.29 is 4.42 Å². The molecule has 268 valence electrons. The zero-order chi connectivity index (χ0) is 37.9. The number of hydrogen-bond acceptors (Lipinski definition) is 3. The summed E-state index contributed by atoms with van der Waals surface area (Å²) in [5.74, 6) is 0.531. The Labute approximate surface area is 331 Å². The number of benzene rings is 8. The fourth-order valence-corrected chi connectivity index (χ4v) is 9.32. The third-order valence-corrected chi connectivity index (χ3v) is 11.9. The summed E-state index contributed by atoms with van der Waals surface area (Å²) in [5.41, 5.74) is 9.59. The summed E-state index contributed by atoms with van der Waals surface area (Å²) < 4.78 is 11.7. The van der Waals surface area contributed by atoms with Gasteiger partial charge in [0.25, 0.3) is 0 Å². The van der Waals surface area contributed by atoms with Gasteiger partial charge in [0.15, 0.2) is 11.7 Å². The van der Waals surface area contributed by atoms with Crippen molar-refractivity contribution in [2.75, 3.05) is 0 Å². The summed E-state index contributed by atoms with van der Waals surface area (Å²) >= 11 is 1.83. The minimum absolute atomic E-state index is 0.126. The summed E-state index contributed by atoms with van der Waals surface area (Å²) in [6.07, 6.45) is 1.79. The van der Waals surface area contributed by atoms with Gasteiger partial charge >= 0.3 is 0 Å². The number of fused-ring (bicyclic) bond motifs is 9. The molecule has 3 heterocycles. The van der Waals surface area contributed by atoms with Gasteiger partial charge in [-0.15, -0.1) is 11.3 Å². The minimum atomic E-state index is 0.126. The van der Waals surface area contributed by atoms with Crippen LogP contribution in [0.5, 0.6) is 0 Å². The van der Waals surface area contributed by atoms with Crippen LogP contribution in [0, 0.1) is 5.41 Å². The topological polar surface area (TPSA) is 66.6 Å². The van der Waals surface area contributed by atoms with Crippen molar-refractivity contribution in [3.63, 3.8) is 0 Å². The molecule has 0 unspecified atom stereocenters. The minimum Gasteiger partial charge on any atom is -0.455 e. The number of thiophene rings is 1. The van der Waals surface area contributed by atoms with Crippen molar-refractivity contribution in [1.29, 1.82) is 5.41 Å². The Morgan fingerprint density at radius 3 is 2.05 bits per heavy atom. The maximum absolute atomic E-state index is 8.91. The fraction of sp³-hybridized carbons (Fsp3) is 0. The highest BCUT2D eigenvalue weighted by Gasteiger charge is 2.20. The summed E-state index contributed by atoms with van der Waals surface area (Å²) in [6, 6.07) is 62.7. The molecule has 0 spiro atoms. The Balaban J connectivity index is 1.10. The van der Waals surface area contributed by atoms with Gasteiger partial charge in [0, 0.05) is 53.5 Å². The third-order valence-electron chi connectivity index (χ3n) is 10.8. The van der Waals surface area contributed by atoms with Crippen LogP contribution in [-0.4, -0.2) is 22.5 Å². The van der Waals surface area contributed by atoms with Gasteiger partial charge in [-0.3, -0.25) is 5.41 Å². The molecule has 3 aromatic heterocycles. The first-order chi connectivity index (χ1) is 28.2. The van der Waals surface area contributed by atoms with Crippen LogP contribution < -0.4 is 0 Å². The highest BCUT2D eigenvalue weighted by atomic mass is 32.1. The summed E-state index contributed by atoms with van der Waals surface area (Å²) in [6.45, 7) is 0. The van der Waals surface area contributed by atoms with Gasteiger partial charge in [-0.2, -0.15) is 0 Å². The average Bonchev–Trinajstić information content (AvgIpc) is 3.95. The number of aromatic nitrogens is 1. The Morgan fingerprint density at radius 1 is 0.579 bits per heavy atom. The summed E-state index contributed by atoms with van der Waals surface area (Å²) in [4.78, 5) is 9.68. The molecule has 0 aliphatic carbocycles. The number of hydrogen-bond donors (Lipinski definition) is 1. The van der Waals surface area contributed by atoms with E-state index < -0.39 is 0 Å². The Kier molecular flexibility index (Phi) is 7.76. The highest BCUT2D eigenvalue weighted by Crippen LogP contribution is 2.44. The molecule has 11 rings (SSSR count). The van der Waals surface area contributed by atoms with Gasteiger partial charge in [0.2, 0.25) is 0 Å². The van der Waals surface area contributed by atoms with E-state index in [9.17, 15) is 0 Å². The van der Waals surface area contributed by atoms with Crippen molar-refractivity contribution in [2.45, 2.75) is 0 Å². The van der Waals surface area contributed by atoms with Crippen molar-refractivity contribution in [3.8, 4) is 16.8 Å². The lowest BCUT2D eigenvalue weighted by Crippen LogP contribution is -2.05. The predicted molar refractivity (Wildman–Crippen MR) is 240 cm³/mol. The molecule has 0 fully saturated rings. The van der Waals surface area contributed by atoms with E-state index in [-0.39, 0.29) is 5.84 Å².